The Morgan fingerprint density at radius 3 is 2.86 bits per heavy atom. The van der Waals surface area contributed by atoms with Gasteiger partial charge in [0, 0.05) is 24.0 Å². The van der Waals surface area contributed by atoms with Gasteiger partial charge in [0.05, 0.1) is 25.4 Å². The molecule has 1 aliphatic heterocycles. The first kappa shape index (κ1) is 27.6. The van der Waals surface area contributed by atoms with Crippen molar-refractivity contribution in [3.63, 3.8) is 0 Å². The van der Waals surface area contributed by atoms with Crippen LogP contribution in [0.1, 0.15) is 61.5 Å². The minimum atomic E-state index is -0.644. The maximum Gasteiger partial charge on any atom is 0.306 e. The molecule has 0 aliphatic carbocycles. The summed E-state index contributed by atoms with van der Waals surface area (Å²) >= 11 is 6.42. The molecule has 1 unspecified atom stereocenters. The highest BCUT2D eigenvalue weighted by Crippen LogP contribution is 2.29. The lowest BCUT2D eigenvalue weighted by Gasteiger charge is -2.28. The number of rotatable bonds is 12. The lowest BCUT2D eigenvalue weighted by Crippen LogP contribution is -2.39. The van der Waals surface area contributed by atoms with E-state index in [0.29, 0.717) is 30.2 Å². The van der Waals surface area contributed by atoms with E-state index >= 15 is 0 Å². The van der Waals surface area contributed by atoms with E-state index in [9.17, 15) is 14.3 Å². The normalized spacial score (nSPS) is 17.9. The number of aryl methyl sites for hydroxylation is 1. The quantitative estimate of drug-likeness (QED) is 0.390. The molecule has 1 aliphatic rings. The molecule has 3 rings (SSSR count). The van der Waals surface area contributed by atoms with Crippen LogP contribution in [0.3, 0.4) is 0 Å². The van der Waals surface area contributed by atoms with Crippen LogP contribution in [0.15, 0.2) is 36.4 Å². The van der Waals surface area contributed by atoms with Crippen LogP contribution in [0.25, 0.3) is 0 Å². The van der Waals surface area contributed by atoms with Crippen LogP contribution in [0.5, 0.6) is 0 Å². The van der Waals surface area contributed by atoms with Gasteiger partial charge in [-0.3, -0.25) is 9.69 Å². The molecule has 1 N–H and O–H groups in total. The lowest BCUT2D eigenvalue weighted by molar-refractivity contribution is -0.143. The van der Waals surface area contributed by atoms with Crippen LogP contribution >= 0.6 is 11.6 Å². The fraction of sp³-hybridized carbons (Fsp3) is 0.536. The van der Waals surface area contributed by atoms with Crippen molar-refractivity contribution in [2.75, 3.05) is 26.3 Å². The molecule has 1 heterocycles. The van der Waals surface area contributed by atoms with Crippen molar-refractivity contribution in [1.29, 1.82) is 0 Å². The Hall–Kier alpha value is -1.99. The van der Waals surface area contributed by atoms with Gasteiger partial charge in [0.15, 0.2) is 0 Å². The SMILES string of the molecule is CCOC(=O)CCc1c(Cl)cccc1[C@@H](C)OC[C@H](O)CN1CCCC1Cc1ccc(C)c(F)c1. The van der Waals surface area contributed by atoms with Gasteiger partial charge in [0.2, 0.25) is 0 Å². The van der Waals surface area contributed by atoms with Gasteiger partial charge in [0.1, 0.15) is 5.82 Å². The molecule has 3 atom stereocenters. The Balaban J connectivity index is 1.53. The molecule has 1 fully saturated rings. The van der Waals surface area contributed by atoms with Crippen molar-refractivity contribution in [2.24, 2.45) is 0 Å². The molecule has 0 amide bonds. The maximum absolute atomic E-state index is 14.0. The molecule has 0 aromatic heterocycles. The van der Waals surface area contributed by atoms with Gasteiger partial charge in [-0.05, 0) is 87.4 Å². The van der Waals surface area contributed by atoms with E-state index < -0.39 is 6.10 Å². The Bertz CT molecular complexity index is 985. The average molecular weight is 506 g/mol. The molecule has 5 nitrogen and oxygen atoms in total. The van der Waals surface area contributed by atoms with Gasteiger partial charge in [0.25, 0.3) is 0 Å². The van der Waals surface area contributed by atoms with Crippen molar-refractivity contribution in [1.82, 2.24) is 4.90 Å². The molecule has 35 heavy (non-hydrogen) atoms. The third-order valence-corrected chi connectivity index (χ3v) is 7.02. The maximum atomic E-state index is 14.0. The molecule has 1 saturated heterocycles. The molecule has 192 valence electrons. The van der Waals surface area contributed by atoms with Crippen molar-refractivity contribution < 1.29 is 23.8 Å². The van der Waals surface area contributed by atoms with E-state index in [1.807, 2.05) is 31.2 Å². The fourth-order valence-electron chi connectivity index (χ4n) is 4.75. The van der Waals surface area contributed by atoms with Crippen LogP contribution in [0, 0.1) is 12.7 Å². The second-order valence-corrected chi connectivity index (χ2v) is 9.73. The zero-order valence-corrected chi connectivity index (χ0v) is 21.7. The molecule has 0 saturated carbocycles. The van der Waals surface area contributed by atoms with Crippen LogP contribution in [0.4, 0.5) is 4.39 Å². The van der Waals surface area contributed by atoms with E-state index in [0.717, 1.165) is 42.5 Å². The van der Waals surface area contributed by atoms with Gasteiger partial charge in [-0.15, -0.1) is 0 Å². The summed E-state index contributed by atoms with van der Waals surface area (Å²) in [5, 5.41) is 11.3. The minimum absolute atomic E-state index is 0.169. The number of ether oxygens (including phenoxy) is 2. The molecule has 0 bridgehead atoms. The van der Waals surface area contributed by atoms with Crippen LogP contribution < -0.4 is 0 Å². The molecule has 2 aromatic rings. The number of nitrogens with zero attached hydrogens (tertiary/aromatic N) is 1. The lowest BCUT2D eigenvalue weighted by atomic mass is 9.99. The summed E-state index contributed by atoms with van der Waals surface area (Å²) < 4.78 is 25.0. The van der Waals surface area contributed by atoms with Gasteiger partial charge >= 0.3 is 5.97 Å². The number of benzene rings is 2. The predicted octanol–water partition coefficient (Wildman–Crippen LogP) is 5.43. The van der Waals surface area contributed by atoms with Gasteiger partial charge in [-0.1, -0.05) is 35.9 Å². The molecular formula is C28H37ClFNO4. The van der Waals surface area contributed by atoms with E-state index in [4.69, 9.17) is 21.1 Å². The van der Waals surface area contributed by atoms with E-state index in [1.165, 1.54) is 0 Å². The highest BCUT2D eigenvalue weighted by molar-refractivity contribution is 6.31. The summed E-state index contributed by atoms with van der Waals surface area (Å²) in [5.74, 6) is -0.423. The topological polar surface area (TPSA) is 59.0 Å². The Morgan fingerprint density at radius 2 is 2.11 bits per heavy atom. The molecule has 7 heteroatoms. The molecule has 0 spiro atoms. The number of hydrogen-bond donors (Lipinski definition) is 1. The molecular weight excluding hydrogens is 469 g/mol. The van der Waals surface area contributed by atoms with Crippen molar-refractivity contribution in [3.8, 4) is 0 Å². The largest absolute Gasteiger partial charge is 0.466 e. The predicted molar refractivity (Wildman–Crippen MR) is 136 cm³/mol. The molecule has 2 aromatic carbocycles. The van der Waals surface area contributed by atoms with Gasteiger partial charge in [-0.2, -0.15) is 0 Å². The monoisotopic (exact) mass is 505 g/mol. The third kappa shape index (κ3) is 8.01. The highest BCUT2D eigenvalue weighted by Gasteiger charge is 2.27. The number of carbonyl (C=O) groups excluding carboxylic acids is 1. The van der Waals surface area contributed by atoms with E-state index in [-0.39, 0.29) is 37.0 Å². The third-order valence-electron chi connectivity index (χ3n) is 6.67. The number of halogens is 2. The number of hydrogen-bond acceptors (Lipinski definition) is 5. The first-order chi connectivity index (χ1) is 16.8. The zero-order chi connectivity index (χ0) is 25.4. The van der Waals surface area contributed by atoms with Crippen molar-refractivity contribution in [2.45, 2.75) is 71.1 Å². The van der Waals surface area contributed by atoms with Gasteiger partial charge in [-0.25, -0.2) is 4.39 Å². The number of carbonyl (C=O) groups is 1. The molecule has 0 radical (unpaired) electrons. The van der Waals surface area contributed by atoms with Crippen molar-refractivity contribution in [3.05, 3.63) is 69.5 Å². The Labute approximate surface area is 213 Å². The van der Waals surface area contributed by atoms with E-state index in [1.54, 1.807) is 26.0 Å². The van der Waals surface area contributed by atoms with Gasteiger partial charge < -0.3 is 14.6 Å². The second-order valence-electron chi connectivity index (χ2n) is 9.32. The first-order valence-corrected chi connectivity index (χ1v) is 12.9. The summed E-state index contributed by atoms with van der Waals surface area (Å²) in [5.41, 5.74) is 3.42. The number of β-amino-alcohol motifs (C(OH)–C–C–N with tert-alkyl or cyclic N) is 1. The average Bonchev–Trinajstić information content (AvgIpc) is 3.25. The Morgan fingerprint density at radius 1 is 1.31 bits per heavy atom. The summed E-state index contributed by atoms with van der Waals surface area (Å²) in [6, 6.07) is 11.3. The Kier molecular flexibility index (Phi) is 10.5. The summed E-state index contributed by atoms with van der Waals surface area (Å²) in [4.78, 5) is 14.1. The number of esters is 1. The standard InChI is InChI=1S/C28H37ClFNO4/c1-4-34-28(33)13-12-25-24(8-5-9-26(25)29)20(3)35-18-23(32)17-31-14-6-7-22(31)15-21-11-10-19(2)27(30)16-21/h5,8-11,16,20,22-23,32H,4,6-7,12-15,17-18H2,1-3H3/t20-,22?,23-/m1/s1. The smallest absolute Gasteiger partial charge is 0.306 e. The summed E-state index contributed by atoms with van der Waals surface area (Å²) in [6.45, 7) is 7.45. The van der Waals surface area contributed by atoms with Crippen LogP contribution in [-0.2, 0) is 27.1 Å². The zero-order valence-electron chi connectivity index (χ0n) is 20.9. The number of likely N-dealkylation sites (tertiary alicyclic amines) is 1. The minimum Gasteiger partial charge on any atom is -0.466 e. The number of aliphatic hydroxyl groups excluding tert-OH is 1. The second kappa shape index (κ2) is 13.4. The van der Waals surface area contributed by atoms with Crippen molar-refractivity contribution >= 4 is 17.6 Å². The summed E-state index contributed by atoms with van der Waals surface area (Å²) in [7, 11) is 0. The number of aliphatic hydroxyl groups is 1. The van der Waals surface area contributed by atoms with E-state index in [2.05, 4.69) is 4.90 Å². The first-order valence-electron chi connectivity index (χ1n) is 12.5. The van der Waals surface area contributed by atoms with Crippen LogP contribution in [0.2, 0.25) is 5.02 Å². The fourth-order valence-corrected chi connectivity index (χ4v) is 5.03. The summed E-state index contributed by atoms with van der Waals surface area (Å²) in [6.07, 6.45) is 2.66. The van der Waals surface area contributed by atoms with Crippen LogP contribution in [-0.4, -0.2) is 54.4 Å². The highest BCUT2D eigenvalue weighted by atomic mass is 35.5.